The molecule has 3 aromatic carbocycles. The van der Waals surface area contributed by atoms with Crippen LogP contribution in [0.25, 0.3) is 23.2 Å². The zero-order chi connectivity index (χ0) is 16.2. The summed E-state index contributed by atoms with van der Waals surface area (Å²) < 4.78 is 7.77. The Kier molecular flexibility index (Phi) is 3.82. The van der Waals surface area contributed by atoms with Crippen molar-refractivity contribution < 1.29 is 4.74 Å². The highest BCUT2D eigenvalue weighted by Crippen LogP contribution is 2.25. The van der Waals surface area contributed by atoms with Gasteiger partial charge in [-0.2, -0.15) is 5.10 Å². The molecule has 1 heterocycles. The van der Waals surface area contributed by atoms with Crippen LogP contribution >= 0.6 is 0 Å². The molecule has 0 atom stereocenters. The molecular formula is C21H16N2O. The first-order valence-electron chi connectivity index (χ1n) is 7.82. The molecule has 0 radical (unpaired) electrons. The third-order valence-electron chi connectivity index (χ3n) is 3.76. The number of nitrogens with zero attached hydrogens (tertiary/aromatic N) is 2. The summed E-state index contributed by atoms with van der Waals surface area (Å²) in [5.74, 6) is 1.62. The summed E-state index contributed by atoms with van der Waals surface area (Å²) >= 11 is 0. The van der Waals surface area contributed by atoms with Crippen LogP contribution in [0.5, 0.6) is 11.5 Å². The van der Waals surface area contributed by atoms with E-state index in [4.69, 9.17) is 4.74 Å². The monoisotopic (exact) mass is 312 g/mol. The molecule has 24 heavy (non-hydrogen) atoms. The molecule has 0 bridgehead atoms. The van der Waals surface area contributed by atoms with E-state index in [2.05, 4.69) is 17.2 Å². The van der Waals surface area contributed by atoms with Crippen LogP contribution in [0.3, 0.4) is 0 Å². The normalized spacial score (nSPS) is 11.2. The lowest BCUT2D eigenvalue weighted by atomic mass is 10.2. The first kappa shape index (κ1) is 14.3. The fourth-order valence-corrected chi connectivity index (χ4v) is 2.55. The van der Waals surface area contributed by atoms with Crippen molar-refractivity contribution in [3.8, 4) is 11.5 Å². The fraction of sp³-hybridized carbons (Fsp3) is 0. The molecule has 1 aromatic heterocycles. The lowest BCUT2D eigenvalue weighted by Gasteiger charge is -2.05. The number of aromatic nitrogens is 2. The van der Waals surface area contributed by atoms with Gasteiger partial charge < -0.3 is 4.74 Å². The number of rotatable bonds is 4. The molecule has 0 fully saturated rings. The van der Waals surface area contributed by atoms with Crippen LogP contribution in [-0.4, -0.2) is 9.78 Å². The summed E-state index contributed by atoms with van der Waals surface area (Å²) in [6, 6.07) is 25.9. The van der Waals surface area contributed by atoms with E-state index < -0.39 is 0 Å². The Labute approximate surface area is 140 Å². The van der Waals surface area contributed by atoms with Crippen LogP contribution in [0.1, 0.15) is 5.56 Å². The lowest BCUT2D eigenvalue weighted by molar-refractivity contribution is 0.483. The Balaban J connectivity index is 1.65. The summed E-state index contributed by atoms with van der Waals surface area (Å²) in [6.07, 6.45) is 5.86. The van der Waals surface area contributed by atoms with Crippen molar-refractivity contribution in [3.63, 3.8) is 0 Å². The third kappa shape index (κ3) is 3.06. The molecule has 0 N–H and O–H groups in total. The van der Waals surface area contributed by atoms with Gasteiger partial charge >= 0.3 is 0 Å². The summed E-state index contributed by atoms with van der Waals surface area (Å²) in [4.78, 5) is 0. The minimum atomic E-state index is 0.795. The minimum absolute atomic E-state index is 0.795. The first-order valence-corrected chi connectivity index (χ1v) is 7.82. The quantitative estimate of drug-likeness (QED) is 0.500. The summed E-state index contributed by atoms with van der Waals surface area (Å²) in [6.45, 7) is 0. The van der Waals surface area contributed by atoms with Gasteiger partial charge in [0, 0.05) is 17.7 Å². The maximum Gasteiger partial charge on any atom is 0.129 e. The predicted octanol–water partition coefficient (Wildman–Crippen LogP) is 5.46. The fourth-order valence-electron chi connectivity index (χ4n) is 2.55. The Morgan fingerprint density at radius 3 is 2.33 bits per heavy atom. The molecule has 116 valence electrons. The molecule has 0 saturated heterocycles. The Bertz CT molecular complexity index is 973. The topological polar surface area (TPSA) is 27.1 Å². The number of fused-ring (bicyclic) bond motifs is 1. The van der Waals surface area contributed by atoms with Crippen LogP contribution in [0.4, 0.5) is 0 Å². The van der Waals surface area contributed by atoms with Gasteiger partial charge in [-0.25, -0.2) is 4.68 Å². The molecule has 0 aliphatic carbocycles. The van der Waals surface area contributed by atoms with E-state index in [-0.39, 0.29) is 0 Å². The van der Waals surface area contributed by atoms with Crippen molar-refractivity contribution >= 4 is 23.2 Å². The van der Waals surface area contributed by atoms with Gasteiger partial charge in [-0.05, 0) is 35.9 Å². The molecule has 4 aromatic rings. The van der Waals surface area contributed by atoms with E-state index in [1.54, 1.807) is 0 Å². The molecule has 0 aliphatic rings. The van der Waals surface area contributed by atoms with Crippen LogP contribution < -0.4 is 4.74 Å². The second-order valence-electron chi connectivity index (χ2n) is 5.45. The van der Waals surface area contributed by atoms with Gasteiger partial charge in [0.15, 0.2) is 0 Å². The van der Waals surface area contributed by atoms with Gasteiger partial charge in [-0.15, -0.1) is 0 Å². The molecule has 4 rings (SSSR count). The van der Waals surface area contributed by atoms with Crippen molar-refractivity contribution in [2.75, 3.05) is 0 Å². The van der Waals surface area contributed by atoms with Gasteiger partial charge in [-0.1, -0.05) is 48.5 Å². The minimum Gasteiger partial charge on any atom is -0.457 e. The summed E-state index contributed by atoms with van der Waals surface area (Å²) in [5.41, 5.74) is 2.15. The highest BCUT2D eigenvalue weighted by atomic mass is 16.5. The van der Waals surface area contributed by atoms with Crippen molar-refractivity contribution in [3.05, 3.63) is 90.6 Å². The van der Waals surface area contributed by atoms with Crippen LogP contribution in [0, 0.1) is 0 Å². The molecule has 0 unspecified atom stereocenters. The highest BCUT2D eigenvalue weighted by molar-refractivity contribution is 5.83. The second kappa shape index (κ2) is 6.42. The van der Waals surface area contributed by atoms with E-state index in [1.807, 2.05) is 89.9 Å². The summed E-state index contributed by atoms with van der Waals surface area (Å²) in [7, 11) is 0. The van der Waals surface area contributed by atoms with E-state index >= 15 is 0 Å². The number of hydrogen-bond acceptors (Lipinski definition) is 2. The van der Waals surface area contributed by atoms with Crippen LogP contribution in [0.15, 0.2) is 85.1 Å². The van der Waals surface area contributed by atoms with E-state index in [0.717, 1.165) is 28.0 Å². The van der Waals surface area contributed by atoms with Crippen LogP contribution in [-0.2, 0) is 0 Å². The SMILES string of the molecule is C(=C\n1ncc2ccc(Oc3ccccc3)cc21)/c1ccccc1. The van der Waals surface area contributed by atoms with Crippen molar-refractivity contribution in [1.29, 1.82) is 0 Å². The van der Waals surface area contributed by atoms with Crippen LogP contribution in [0.2, 0.25) is 0 Å². The van der Waals surface area contributed by atoms with Gasteiger partial charge in [-0.3, -0.25) is 0 Å². The van der Waals surface area contributed by atoms with E-state index in [9.17, 15) is 0 Å². The lowest BCUT2D eigenvalue weighted by Crippen LogP contribution is -1.89. The Hall–Kier alpha value is -3.33. The standard InChI is InChI=1S/C21H16N2O/c1-3-7-17(8-4-1)13-14-23-21-15-20(12-11-18(21)16-22-23)24-19-9-5-2-6-10-19/h1-16H/b14-13+. The number of para-hydroxylation sites is 1. The molecule has 3 nitrogen and oxygen atoms in total. The smallest absolute Gasteiger partial charge is 0.129 e. The zero-order valence-corrected chi connectivity index (χ0v) is 13.0. The predicted molar refractivity (Wildman–Crippen MR) is 97.9 cm³/mol. The van der Waals surface area contributed by atoms with Gasteiger partial charge in [0.1, 0.15) is 11.5 Å². The largest absolute Gasteiger partial charge is 0.457 e. The van der Waals surface area contributed by atoms with Crippen molar-refractivity contribution in [1.82, 2.24) is 9.78 Å². The third-order valence-corrected chi connectivity index (χ3v) is 3.76. The number of benzene rings is 3. The maximum absolute atomic E-state index is 5.91. The molecular weight excluding hydrogens is 296 g/mol. The molecule has 0 amide bonds. The zero-order valence-electron chi connectivity index (χ0n) is 13.0. The molecule has 0 saturated carbocycles. The van der Waals surface area contributed by atoms with Crippen molar-refractivity contribution in [2.45, 2.75) is 0 Å². The van der Waals surface area contributed by atoms with E-state index in [1.165, 1.54) is 0 Å². The van der Waals surface area contributed by atoms with Gasteiger partial charge in [0.2, 0.25) is 0 Å². The molecule has 0 aliphatic heterocycles. The molecule has 0 spiro atoms. The molecule has 3 heteroatoms. The van der Waals surface area contributed by atoms with Crippen molar-refractivity contribution in [2.24, 2.45) is 0 Å². The Morgan fingerprint density at radius 2 is 1.54 bits per heavy atom. The first-order chi connectivity index (χ1) is 11.9. The average molecular weight is 312 g/mol. The highest BCUT2D eigenvalue weighted by Gasteiger charge is 2.04. The summed E-state index contributed by atoms with van der Waals surface area (Å²) in [5, 5.41) is 5.51. The number of hydrogen-bond donors (Lipinski definition) is 0. The Morgan fingerprint density at radius 1 is 0.792 bits per heavy atom. The second-order valence-corrected chi connectivity index (χ2v) is 5.45. The van der Waals surface area contributed by atoms with E-state index in [0.29, 0.717) is 0 Å². The average Bonchev–Trinajstić information content (AvgIpc) is 3.04. The van der Waals surface area contributed by atoms with Gasteiger partial charge in [0.05, 0.1) is 11.7 Å². The number of ether oxygens (including phenoxy) is 1. The maximum atomic E-state index is 5.91. The van der Waals surface area contributed by atoms with Gasteiger partial charge in [0.25, 0.3) is 0 Å².